The summed E-state index contributed by atoms with van der Waals surface area (Å²) in [6, 6.07) is 0. The summed E-state index contributed by atoms with van der Waals surface area (Å²) in [6.07, 6.45) is 17.2. The van der Waals surface area contributed by atoms with Crippen molar-refractivity contribution in [3.63, 3.8) is 0 Å². The molecule has 0 amide bonds. The smallest absolute Gasteiger partial charge is 0.317 e. The van der Waals surface area contributed by atoms with E-state index in [9.17, 15) is 9.59 Å². The van der Waals surface area contributed by atoms with Crippen LogP contribution in [0.1, 0.15) is 110 Å². The third kappa shape index (κ3) is 13.9. The van der Waals surface area contributed by atoms with E-state index >= 15 is 0 Å². The third-order valence-corrected chi connectivity index (χ3v) is 5.10. The summed E-state index contributed by atoms with van der Waals surface area (Å²) in [6.45, 7) is 4.35. The summed E-state index contributed by atoms with van der Waals surface area (Å²) in [7, 11) is 0. The topological polar surface area (TPSA) is 74.6 Å². The molecule has 4 nitrogen and oxygen atoms in total. The summed E-state index contributed by atoms with van der Waals surface area (Å²) in [5, 5.41) is 18.2. The maximum atomic E-state index is 11.1. The number of rotatable bonds is 18. The number of hydrogen-bond acceptors (Lipinski definition) is 2. The number of aliphatic carboxylic acids is 2. The van der Waals surface area contributed by atoms with E-state index < -0.39 is 17.9 Å². The molecule has 0 radical (unpaired) electrons. The second kappa shape index (κ2) is 16.4. The van der Waals surface area contributed by atoms with E-state index in [2.05, 4.69) is 13.8 Å². The van der Waals surface area contributed by atoms with Gasteiger partial charge in [-0.15, -0.1) is 0 Å². The molecule has 0 spiro atoms. The first-order valence-corrected chi connectivity index (χ1v) is 10.5. The molecule has 0 rings (SSSR count). The van der Waals surface area contributed by atoms with Gasteiger partial charge in [0, 0.05) is 0 Å². The first-order chi connectivity index (χ1) is 12.0. The Morgan fingerprint density at radius 3 is 1.48 bits per heavy atom. The highest BCUT2D eigenvalue weighted by atomic mass is 16.4. The van der Waals surface area contributed by atoms with Crippen LogP contribution in [-0.4, -0.2) is 22.2 Å². The zero-order valence-electron chi connectivity index (χ0n) is 16.5. The summed E-state index contributed by atoms with van der Waals surface area (Å²) < 4.78 is 0. The van der Waals surface area contributed by atoms with Crippen LogP contribution in [0.25, 0.3) is 0 Å². The second-order valence-corrected chi connectivity index (χ2v) is 7.44. The fraction of sp³-hybridized carbons (Fsp3) is 0.905. The van der Waals surface area contributed by atoms with Crippen LogP contribution < -0.4 is 0 Å². The average molecular weight is 357 g/mol. The zero-order valence-corrected chi connectivity index (χ0v) is 16.5. The van der Waals surface area contributed by atoms with Gasteiger partial charge in [-0.1, -0.05) is 104 Å². The molecule has 1 atom stereocenters. The van der Waals surface area contributed by atoms with Gasteiger partial charge in [0.05, 0.1) is 0 Å². The lowest BCUT2D eigenvalue weighted by Crippen LogP contribution is -2.26. The molecule has 148 valence electrons. The van der Waals surface area contributed by atoms with E-state index in [4.69, 9.17) is 10.2 Å². The van der Waals surface area contributed by atoms with Crippen LogP contribution in [0.2, 0.25) is 0 Å². The van der Waals surface area contributed by atoms with Crippen LogP contribution in [0.4, 0.5) is 0 Å². The van der Waals surface area contributed by atoms with Gasteiger partial charge in [0.1, 0.15) is 0 Å². The molecule has 25 heavy (non-hydrogen) atoms. The average Bonchev–Trinajstić information content (AvgIpc) is 2.57. The molecule has 0 saturated heterocycles. The van der Waals surface area contributed by atoms with Crippen molar-refractivity contribution < 1.29 is 19.8 Å². The number of carbonyl (C=O) groups is 2. The van der Waals surface area contributed by atoms with Crippen LogP contribution in [-0.2, 0) is 9.59 Å². The van der Waals surface area contributed by atoms with E-state index in [0.29, 0.717) is 0 Å². The molecule has 0 fully saturated rings. The van der Waals surface area contributed by atoms with E-state index in [-0.39, 0.29) is 12.3 Å². The summed E-state index contributed by atoms with van der Waals surface area (Å²) >= 11 is 0. The van der Waals surface area contributed by atoms with Gasteiger partial charge in [-0.05, 0) is 12.3 Å². The number of carboxylic acids is 2. The minimum Gasteiger partial charge on any atom is -0.481 e. The van der Waals surface area contributed by atoms with Crippen molar-refractivity contribution in [2.45, 2.75) is 110 Å². The van der Waals surface area contributed by atoms with Crippen LogP contribution in [0.5, 0.6) is 0 Å². The van der Waals surface area contributed by atoms with Crippen molar-refractivity contribution in [2.24, 2.45) is 11.8 Å². The molecule has 0 aliphatic rings. The summed E-state index contributed by atoms with van der Waals surface area (Å²) in [4.78, 5) is 22.2. The fourth-order valence-electron chi connectivity index (χ4n) is 3.43. The highest BCUT2D eigenvalue weighted by Gasteiger charge is 2.28. The zero-order chi connectivity index (χ0) is 18.9. The highest BCUT2D eigenvalue weighted by molar-refractivity contribution is 5.92. The van der Waals surface area contributed by atoms with E-state index in [1.54, 1.807) is 0 Å². The Bertz CT molecular complexity index is 327. The fourth-order valence-corrected chi connectivity index (χ4v) is 3.43. The largest absolute Gasteiger partial charge is 0.481 e. The quantitative estimate of drug-likeness (QED) is 0.224. The van der Waals surface area contributed by atoms with Gasteiger partial charge in [0.2, 0.25) is 0 Å². The molecule has 0 bridgehead atoms. The van der Waals surface area contributed by atoms with Gasteiger partial charge < -0.3 is 10.2 Å². The number of unbranched alkanes of at least 4 members (excludes halogenated alkanes) is 10. The Morgan fingerprint density at radius 2 is 1.04 bits per heavy atom. The first-order valence-electron chi connectivity index (χ1n) is 10.5. The van der Waals surface area contributed by atoms with Gasteiger partial charge in [-0.2, -0.15) is 0 Å². The Kier molecular flexibility index (Phi) is 15.7. The summed E-state index contributed by atoms with van der Waals surface area (Å²) in [5.41, 5.74) is 0. The molecular formula is C21H40O4. The predicted molar refractivity (Wildman–Crippen MR) is 103 cm³/mol. The van der Waals surface area contributed by atoms with Crippen LogP contribution in [0, 0.1) is 11.8 Å². The number of hydrogen-bond donors (Lipinski definition) is 2. The molecule has 2 N–H and O–H groups in total. The van der Waals surface area contributed by atoms with Crippen molar-refractivity contribution in [3.8, 4) is 0 Å². The van der Waals surface area contributed by atoms with Gasteiger partial charge >= 0.3 is 11.9 Å². The lowest BCUT2D eigenvalue weighted by molar-refractivity contribution is -0.155. The van der Waals surface area contributed by atoms with Crippen molar-refractivity contribution in [1.29, 1.82) is 0 Å². The van der Waals surface area contributed by atoms with Gasteiger partial charge in [-0.25, -0.2) is 0 Å². The molecule has 0 aromatic heterocycles. The van der Waals surface area contributed by atoms with Crippen LogP contribution in [0.3, 0.4) is 0 Å². The molecular weight excluding hydrogens is 316 g/mol. The van der Waals surface area contributed by atoms with Gasteiger partial charge in [0.15, 0.2) is 5.92 Å². The SMILES string of the molecule is CCCCCCCCCCCCC(CCCC)CC(C(=O)O)C(=O)O. The molecule has 0 heterocycles. The highest BCUT2D eigenvalue weighted by Crippen LogP contribution is 2.25. The Hall–Kier alpha value is -1.06. The molecule has 0 aromatic carbocycles. The van der Waals surface area contributed by atoms with Crippen molar-refractivity contribution >= 4 is 11.9 Å². The van der Waals surface area contributed by atoms with E-state index in [1.165, 1.54) is 57.8 Å². The minimum absolute atomic E-state index is 0.228. The molecule has 0 aromatic rings. The Morgan fingerprint density at radius 1 is 0.640 bits per heavy atom. The lowest BCUT2D eigenvalue weighted by Gasteiger charge is -2.19. The van der Waals surface area contributed by atoms with Crippen LogP contribution in [0.15, 0.2) is 0 Å². The molecule has 1 unspecified atom stereocenters. The first kappa shape index (κ1) is 23.9. The van der Waals surface area contributed by atoms with E-state index in [1.807, 2.05) is 0 Å². The molecule has 4 heteroatoms. The number of carboxylic acid groups (broad SMARTS) is 2. The van der Waals surface area contributed by atoms with Crippen LogP contribution >= 0.6 is 0 Å². The normalized spacial score (nSPS) is 12.4. The lowest BCUT2D eigenvalue weighted by atomic mass is 9.86. The van der Waals surface area contributed by atoms with Gasteiger partial charge in [-0.3, -0.25) is 9.59 Å². The standard InChI is InChI=1S/C21H40O4/c1-3-5-7-8-9-10-11-12-13-14-16-18(15-6-4-2)17-19(20(22)23)21(24)25/h18-19H,3-17H2,1-2H3,(H,22,23)(H,24,25). The van der Waals surface area contributed by atoms with Crippen molar-refractivity contribution in [2.75, 3.05) is 0 Å². The van der Waals surface area contributed by atoms with Crippen molar-refractivity contribution in [1.82, 2.24) is 0 Å². The Labute approximate surface area is 154 Å². The third-order valence-electron chi connectivity index (χ3n) is 5.10. The maximum absolute atomic E-state index is 11.1. The molecule has 0 aliphatic heterocycles. The second-order valence-electron chi connectivity index (χ2n) is 7.44. The maximum Gasteiger partial charge on any atom is 0.317 e. The van der Waals surface area contributed by atoms with E-state index in [0.717, 1.165) is 32.1 Å². The Balaban J connectivity index is 3.92. The predicted octanol–water partition coefficient (Wildman–Crippen LogP) is 6.28. The summed E-state index contributed by atoms with van der Waals surface area (Å²) in [5.74, 6) is -3.41. The van der Waals surface area contributed by atoms with Gasteiger partial charge in [0.25, 0.3) is 0 Å². The van der Waals surface area contributed by atoms with Crippen molar-refractivity contribution in [3.05, 3.63) is 0 Å². The minimum atomic E-state index is -1.25. The molecule has 0 aliphatic carbocycles. The monoisotopic (exact) mass is 356 g/mol. The molecule has 0 saturated carbocycles.